The fourth-order valence-electron chi connectivity index (χ4n) is 11.5. The Morgan fingerprint density at radius 1 is 0.248 bits per heavy atom. The summed E-state index contributed by atoms with van der Waals surface area (Å²) >= 11 is 0. The molecule has 0 aliphatic carbocycles. The first-order chi connectivity index (χ1) is 55.2. The number of aliphatic hydroxyl groups is 2. The Labute approximate surface area is 687 Å². The molecule has 0 aromatic heterocycles. The average molecular weight is 1620 g/mol. The van der Waals surface area contributed by atoms with Gasteiger partial charge in [-0.15, -0.1) is 0 Å². The lowest BCUT2D eigenvalue weighted by atomic mass is 10.0. The molecule has 0 saturated carbocycles. The molecule has 0 fully saturated rings. The zero-order valence-corrected chi connectivity index (χ0v) is 72.5. The maximum absolute atomic E-state index is 13.0. The molecular weight excluding hydrogens is 1460 g/mol. The topological polar surface area (TPSA) is 231 Å². The summed E-state index contributed by atoms with van der Waals surface area (Å²) in [5.74, 6) is -1.61. The summed E-state index contributed by atoms with van der Waals surface area (Å²) < 4.78 is 61.4. The Balaban J connectivity index is 4.58. The van der Waals surface area contributed by atoms with E-state index in [0.29, 0.717) is 19.3 Å². The summed E-state index contributed by atoms with van der Waals surface area (Å²) in [7, 11) is -9.82. The second-order valence-electron chi connectivity index (χ2n) is 28.9. The lowest BCUT2D eigenvalue weighted by Gasteiger charge is -2.21. The van der Waals surface area contributed by atoms with Gasteiger partial charge < -0.3 is 34.2 Å². The molecule has 0 bridgehead atoms. The van der Waals surface area contributed by atoms with Crippen LogP contribution < -0.4 is 0 Å². The fraction of sp³-hybridized carbons (Fsp3) is 0.653. The van der Waals surface area contributed by atoms with Gasteiger partial charge in [0.15, 0.2) is 6.10 Å². The van der Waals surface area contributed by atoms with Gasteiger partial charge in [-0.1, -0.05) is 351 Å². The van der Waals surface area contributed by atoms with Gasteiger partial charge in [0.25, 0.3) is 0 Å². The summed E-state index contributed by atoms with van der Waals surface area (Å²) in [5, 5.41) is 20.7. The predicted octanol–water partition coefficient (Wildman–Crippen LogP) is 26.9. The molecule has 0 amide bonds. The van der Waals surface area contributed by atoms with Crippen molar-refractivity contribution in [1.82, 2.24) is 0 Å². The van der Waals surface area contributed by atoms with E-state index in [1.807, 2.05) is 0 Å². The smallest absolute Gasteiger partial charge is 0.463 e. The molecule has 18 heteroatoms. The first-order valence-electron chi connectivity index (χ1n) is 44.1. The highest BCUT2D eigenvalue weighted by Crippen LogP contribution is 2.45. The van der Waals surface area contributed by atoms with Gasteiger partial charge in [0.1, 0.15) is 25.4 Å². The lowest BCUT2D eigenvalue weighted by Crippen LogP contribution is -2.30. The Hall–Kier alpha value is -5.35. The number of hydrogen-bond donors (Lipinski definition) is 4. The fourth-order valence-corrected chi connectivity index (χ4v) is 13.1. The zero-order valence-electron chi connectivity index (χ0n) is 70.7. The maximum Gasteiger partial charge on any atom is 0.472 e. The van der Waals surface area contributed by atoms with E-state index in [9.17, 15) is 43.5 Å². The minimum Gasteiger partial charge on any atom is -0.463 e. The molecule has 0 heterocycles. The van der Waals surface area contributed by atoms with Crippen LogP contribution >= 0.6 is 15.6 Å². The molecule has 0 aromatic carbocycles. The normalized spacial score (nSPS) is 14.7. The van der Waals surface area contributed by atoms with E-state index >= 15 is 0 Å². The van der Waals surface area contributed by atoms with Crippen molar-refractivity contribution in [3.05, 3.63) is 182 Å². The Morgan fingerprint density at radius 3 is 0.699 bits per heavy atom. The van der Waals surface area contributed by atoms with Gasteiger partial charge in [-0.05, 0) is 154 Å². The van der Waals surface area contributed by atoms with Crippen molar-refractivity contribution in [3.8, 4) is 0 Å². The number of aliphatic hydroxyl groups excluding tert-OH is 2. The quantitative estimate of drug-likeness (QED) is 0.0146. The van der Waals surface area contributed by atoms with Gasteiger partial charge in [-0.3, -0.25) is 32.5 Å². The minimum absolute atomic E-state index is 0.0737. The molecule has 4 N–H and O–H groups in total. The summed E-state index contributed by atoms with van der Waals surface area (Å²) in [5.41, 5.74) is 0. The van der Waals surface area contributed by atoms with E-state index in [4.69, 9.17) is 32.3 Å². The van der Waals surface area contributed by atoms with Gasteiger partial charge in [0.2, 0.25) is 0 Å². The first kappa shape index (κ1) is 108. The van der Waals surface area contributed by atoms with Crippen LogP contribution in [0.3, 0.4) is 0 Å². The van der Waals surface area contributed by atoms with E-state index in [-0.39, 0.29) is 19.3 Å². The number of carbonyl (C=O) groups excluding carboxylic acids is 3. The van der Waals surface area contributed by atoms with Crippen LogP contribution in [-0.4, -0.2) is 95.9 Å². The highest BCUT2D eigenvalue weighted by atomic mass is 31.2. The highest BCUT2D eigenvalue weighted by molar-refractivity contribution is 7.47. The Morgan fingerprint density at radius 2 is 0.442 bits per heavy atom. The van der Waals surface area contributed by atoms with Crippen molar-refractivity contribution < 1.29 is 75.8 Å². The van der Waals surface area contributed by atoms with Gasteiger partial charge in [-0.25, -0.2) is 9.13 Å². The van der Waals surface area contributed by atoms with Crippen molar-refractivity contribution in [1.29, 1.82) is 0 Å². The predicted molar refractivity (Wildman–Crippen MR) is 472 cm³/mol. The number of phosphoric acid groups is 2. The lowest BCUT2D eigenvalue weighted by molar-refractivity contribution is -0.161. The molecule has 0 aromatic rings. The number of ether oxygens (including phenoxy) is 3. The molecule has 16 nitrogen and oxygen atoms in total. The van der Waals surface area contributed by atoms with Crippen LogP contribution in [0.15, 0.2) is 182 Å². The standard InChI is InChI=1S/C95H158O16P2/c1-4-7-10-13-16-19-22-25-28-31-34-37-39-40-41-42-43-44-45-46-47-48-50-53-54-57-60-63-66-69-72-75-78-81-93(98)105-84-90(96)85-107-112(101,102)108-86-91(97)87-109-113(103,104)110-89-92(111-95(100)83-80-77-74-71-68-65-62-59-56-51-36-33-30-27-24-21-18-15-12-9-6-3)88-106-94(99)82-79-76-73-70-67-64-61-58-55-52-49-38-35-32-29-26-23-20-17-14-11-8-5-2/h7-12,16-21,25-30,34-38,40-41,51-52,55,59,62,90-92,96-97H,4-6,13-15,22-24,31-33,39,42-50,53-54,56-58,60-61,63-89H2,1-3H3,(H,101,102)(H,103,104)/b10-7-,11-8-,12-9-,19-16-,20-17-,21-18-,28-25-,29-26-,30-27-,37-34-,38-35-,41-40-,51-36-,55-52-,62-59-. The monoisotopic (exact) mass is 1620 g/mol. The number of esters is 3. The van der Waals surface area contributed by atoms with Gasteiger partial charge in [-0.2, -0.15) is 0 Å². The number of carbonyl (C=O) groups is 3. The maximum atomic E-state index is 13.0. The van der Waals surface area contributed by atoms with Crippen molar-refractivity contribution in [2.75, 3.05) is 39.6 Å². The molecule has 0 rings (SSSR count). The number of allylic oxidation sites excluding steroid dienone is 30. The zero-order chi connectivity index (χ0) is 82.2. The number of unbranched alkanes of at least 4 members (excludes halogenated alkanes) is 29. The number of rotatable bonds is 82. The van der Waals surface area contributed by atoms with Crippen LogP contribution in [0, 0.1) is 0 Å². The van der Waals surface area contributed by atoms with E-state index < -0.39 is 91.5 Å². The van der Waals surface area contributed by atoms with Crippen LogP contribution in [0.5, 0.6) is 0 Å². The third kappa shape index (κ3) is 87.3. The number of phosphoric ester groups is 2. The SMILES string of the molecule is CC/C=C\C/C=C\C/C=C\C/C=C\C/C=C\CCCCCCCCCCCCCCCCCCCC(=O)OCC(O)COP(=O)(O)OCC(O)COP(=O)(O)OCC(COC(=O)CCCCCCCCC/C=C\C/C=C\C/C=C\C/C=C\C/C=C\CC)OC(=O)CCCCCCC/C=C\C/C=C\C/C=C\C/C=C\C/C=C\CC. The Kier molecular flexibility index (Phi) is 81.9. The van der Waals surface area contributed by atoms with Gasteiger partial charge in [0, 0.05) is 19.3 Å². The first-order valence-corrected chi connectivity index (χ1v) is 47.1. The number of hydrogen-bond acceptors (Lipinski definition) is 14. The summed E-state index contributed by atoms with van der Waals surface area (Å²) in [6.45, 7) is 2.32. The van der Waals surface area contributed by atoms with Crippen LogP contribution in [0.1, 0.15) is 342 Å². The molecule has 0 saturated heterocycles. The third-order valence-electron chi connectivity index (χ3n) is 18.1. The van der Waals surface area contributed by atoms with Crippen LogP contribution in [0.4, 0.5) is 0 Å². The molecule has 5 unspecified atom stereocenters. The van der Waals surface area contributed by atoms with Crippen molar-refractivity contribution in [3.63, 3.8) is 0 Å². The van der Waals surface area contributed by atoms with Crippen LogP contribution in [-0.2, 0) is 55.8 Å². The third-order valence-corrected chi connectivity index (χ3v) is 20.0. The highest BCUT2D eigenvalue weighted by Gasteiger charge is 2.29. The van der Waals surface area contributed by atoms with Gasteiger partial charge >= 0.3 is 33.6 Å². The van der Waals surface area contributed by atoms with Crippen LogP contribution in [0.2, 0.25) is 0 Å². The van der Waals surface area contributed by atoms with E-state index in [1.165, 1.54) is 89.9 Å². The molecule has 0 spiro atoms. The Bertz CT molecular complexity index is 2780. The summed E-state index contributed by atoms with van der Waals surface area (Å²) in [6.07, 6.45) is 112. The van der Waals surface area contributed by atoms with E-state index in [0.717, 1.165) is 193 Å². The van der Waals surface area contributed by atoms with E-state index in [1.54, 1.807) is 0 Å². The molecule has 0 aliphatic heterocycles. The molecule has 644 valence electrons. The molecule has 5 atom stereocenters. The molecular formula is C95H158O16P2. The molecule has 0 radical (unpaired) electrons. The average Bonchev–Trinajstić information content (AvgIpc) is 0.900. The largest absolute Gasteiger partial charge is 0.472 e. The molecule has 113 heavy (non-hydrogen) atoms. The molecule has 0 aliphatic rings. The second-order valence-corrected chi connectivity index (χ2v) is 31.8. The van der Waals surface area contributed by atoms with Crippen molar-refractivity contribution >= 4 is 33.6 Å². The van der Waals surface area contributed by atoms with Crippen molar-refractivity contribution in [2.24, 2.45) is 0 Å². The van der Waals surface area contributed by atoms with Gasteiger partial charge in [0.05, 0.1) is 26.4 Å². The summed E-state index contributed by atoms with van der Waals surface area (Å²) in [4.78, 5) is 58.9. The minimum atomic E-state index is -4.95. The van der Waals surface area contributed by atoms with Crippen LogP contribution in [0.25, 0.3) is 0 Å². The summed E-state index contributed by atoms with van der Waals surface area (Å²) in [6, 6.07) is 0. The van der Waals surface area contributed by atoms with Crippen molar-refractivity contribution in [2.45, 2.75) is 360 Å². The van der Waals surface area contributed by atoms with E-state index in [2.05, 4.69) is 203 Å². The second kappa shape index (κ2) is 86.0.